The fourth-order valence-electron chi connectivity index (χ4n) is 1.80. The third-order valence-electron chi connectivity index (χ3n) is 2.65. The SMILES string of the molecule is NC(=O)NCc1c(C(N)=O)cccc1C1=COC=CO1. The van der Waals surface area contributed by atoms with Crippen LogP contribution in [0.15, 0.2) is 37.0 Å². The van der Waals surface area contributed by atoms with Crippen molar-refractivity contribution in [2.45, 2.75) is 6.54 Å². The lowest BCUT2D eigenvalue weighted by atomic mass is 9.99. The largest absolute Gasteiger partial charge is 0.465 e. The smallest absolute Gasteiger partial charge is 0.312 e. The molecule has 0 aromatic heterocycles. The minimum Gasteiger partial charge on any atom is -0.465 e. The Morgan fingerprint density at radius 1 is 1.20 bits per heavy atom. The molecule has 0 fully saturated rings. The van der Waals surface area contributed by atoms with Gasteiger partial charge in [-0.15, -0.1) is 0 Å². The number of carbonyl (C=O) groups is 2. The molecule has 1 aliphatic rings. The van der Waals surface area contributed by atoms with Crippen molar-refractivity contribution in [2.24, 2.45) is 11.5 Å². The van der Waals surface area contributed by atoms with E-state index < -0.39 is 11.9 Å². The summed E-state index contributed by atoms with van der Waals surface area (Å²) in [5, 5.41) is 2.43. The fourth-order valence-corrected chi connectivity index (χ4v) is 1.80. The normalized spacial score (nSPS) is 12.9. The van der Waals surface area contributed by atoms with Gasteiger partial charge in [0.2, 0.25) is 5.91 Å². The van der Waals surface area contributed by atoms with Crippen molar-refractivity contribution >= 4 is 17.7 Å². The molecule has 0 atom stereocenters. The number of nitrogens with one attached hydrogen (secondary N) is 1. The first-order valence-corrected chi connectivity index (χ1v) is 5.72. The zero-order chi connectivity index (χ0) is 14.5. The molecule has 1 heterocycles. The maximum atomic E-state index is 11.5. The Morgan fingerprint density at radius 2 is 2.00 bits per heavy atom. The van der Waals surface area contributed by atoms with Gasteiger partial charge >= 0.3 is 6.03 Å². The first-order valence-electron chi connectivity index (χ1n) is 5.72. The van der Waals surface area contributed by atoms with Crippen molar-refractivity contribution in [1.82, 2.24) is 5.32 Å². The van der Waals surface area contributed by atoms with E-state index in [-0.39, 0.29) is 12.1 Å². The summed E-state index contributed by atoms with van der Waals surface area (Å²) in [5.74, 6) is -0.210. The zero-order valence-corrected chi connectivity index (χ0v) is 10.5. The molecule has 5 N–H and O–H groups in total. The van der Waals surface area contributed by atoms with Gasteiger partial charge in [0.1, 0.15) is 18.8 Å². The van der Waals surface area contributed by atoms with Crippen LogP contribution in [0.25, 0.3) is 5.76 Å². The van der Waals surface area contributed by atoms with Gasteiger partial charge in [0.25, 0.3) is 0 Å². The molecule has 7 nitrogen and oxygen atoms in total. The summed E-state index contributed by atoms with van der Waals surface area (Å²) in [5.41, 5.74) is 11.7. The summed E-state index contributed by atoms with van der Waals surface area (Å²) in [4.78, 5) is 22.3. The molecule has 0 saturated heterocycles. The summed E-state index contributed by atoms with van der Waals surface area (Å²) in [6, 6.07) is 4.24. The second-order valence-corrected chi connectivity index (χ2v) is 3.92. The molecule has 1 aromatic rings. The number of amides is 3. The number of carbonyl (C=O) groups excluding carboxylic acids is 2. The van der Waals surface area contributed by atoms with Crippen LogP contribution in [0.4, 0.5) is 4.79 Å². The van der Waals surface area contributed by atoms with Gasteiger partial charge in [-0.25, -0.2) is 4.79 Å². The predicted molar refractivity (Wildman–Crippen MR) is 70.7 cm³/mol. The molecule has 0 saturated carbocycles. The van der Waals surface area contributed by atoms with Crippen LogP contribution in [-0.4, -0.2) is 11.9 Å². The summed E-state index contributed by atoms with van der Waals surface area (Å²) < 4.78 is 10.3. The Balaban J connectivity index is 2.43. The Bertz CT molecular complexity index is 608. The average molecular weight is 275 g/mol. The Hall–Kier alpha value is -2.96. The lowest BCUT2D eigenvalue weighted by molar-refractivity contribution is 0.0999. The number of primary amides is 2. The molecule has 0 aliphatic carbocycles. The van der Waals surface area contributed by atoms with E-state index in [0.29, 0.717) is 16.9 Å². The molecule has 20 heavy (non-hydrogen) atoms. The molecule has 1 aliphatic heterocycles. The quantitative estimate of drug-likeness (QED) is 0.752. The molecule has 104 valence electrons. The van der Waals surface area contributed by atoms with E-state index in [9.17, 15) is 9.59 Å². The van der Waals surface area contributed by atoms with E-state index in [1.165, 1.54) is 18.8 Å². The molecule has 3 amide bonds. The molecule has 0 spiro atoms. The van der Waals surface area contributed by atoms with Crippen molar-refractivity contribution in [2.75, 3.05) is 0 Å². The van der Waals surface area contributed by atoms with Crippen LogP contribution in [0.3, 0.4) is 0 Å². The highest BCUT2D eigenvalue weighted by Crippen LogP contribution is 2.25. The topological polar surface area (TPSA) is 117 Å². The zero-order valence-electron chi connectivity index (χ0n) is 10.5. The number of hydrogen-bond acceptors (Lipinski definition) is 4. The van der Waals surface area contributed by atoms with E-state index in [1.807, 2.05) is 0 Å². The number of rotatable bonds is 4. The monoisotopic (exact) mass is 275 g/mol. The second-order valence-electron chi connectivity index (χ2n) is 3.92. The Kier molecular flexibility index (Phi) is 3.90. The van der Waals surface area contributed by atoms with E-state index in [1.54, 1.807) is 18.2 Å². The third kappa shape index (κ3) is 2.89. The highest BCUT2D eigenvalue weighted by Gasteiger charge is 2.17. The van der Waals surface area contributed by atoms with Crippen molar-refractivity contribution in [3.05, 3.63) is 53.7 Å². The van der Waals surface area contributed by atoms with Gasteiger partial charge in [-0.05, 0) is 11.6 Å². The maximum Gasteiger partial charge on any atom is 0.312 e. The molecule has 0 bridgehead atoms. The van der Waals surface area contributed by atoms with Crippen LogP contribution < -0.4 is 16.8 Å². The number of nitrogens with two attached hydrogens (primary N) is 2. The predicted octanol–water partition coefficient (Wildman–Crippen LogP) is 0.770. The van der Waals surface area contributed by atoms with Gasteiger partial charge in [0.15, 0.2) is 5.76 Å². The van der Waals surface area contributed by atoms with Gasteiger partial charge in [-0.2, -0.15) is 0 Å². The first-order chi connectivity index (χ1) is 9.59. The average Bonchev–Trinajstić information content (AvgIpc) is 2.45. The lowest BCUT2D eigenvalue weighted by Gasteiger charge is -2.16. The molecule has 7 heteroatoms. The van der Waals surface area contributed by atoms with Crippen LogP contribution in [0.5, 0.6) is 0 Å². The van der Waals surface area contributed by atoms with Gasteiger partial charge in [0.05, 0.1) is 0 Å². The first kappa shape index (κ1) is 13.5. The van der Waals surface area contributed by atoms with Crippen molar-refractivity contribution in [3.63, 3.8) is 0 Å². The standard InChI is InChI=1S/C13H13N3O4/c14-12(17)9-3-1-2-8(10(9)6-16-13(15)18)11-7-19-4-5-20-11/h1-5,7H,6H2,(H2,14,17)(H3,15,16,18). The molecule has 0 radical (unpaired) electrons. The fraction of sp³-hybridized carbons (Fsp3) is 0.0769. The van der Waals surface area contributed by atoms with Crippen LogP contribution >= 0.6 is 0 Å². The second kappa shape index (κ2) is 5.79. The number of hydrogen-bond donors (Lipinski definition) is 3. The molecular weight excluding hydrogens is 262 g/mol. The lowest BCUT2D eigenvalue weighted by Crippen LogP contribution is -2.30. The van der Waals surface area contributed by atoms with Crippen LogP contribution in [0.2, 0.25) is 0 Å². The minimum absolute atomic E-state index is 0.0498. The van der Waals surface area contributed by atoms with Gasteiger partial charge in [0, 0.05) is 17.7 Å². The number of urea groups is 1. The van der Waals surface area contributed by atoms with Crippen LogP contribution in [-0.2, 0) is 16.0 Å². The highest BCUT2D eigenvalue weighted by atomic mass is 16.5. The minimum atomic E-state index is -0.704. The van der Waals surface area contributed by atoms with Crippen LogP contribution in [0.1, 0.15) is 21.5 Å². The van der Waals surface area contributed by atoms with Crippen LogP contribution in [0, 0.1) is 0 Å². The van der Waals surface area contributed by atoms with E-state index >= 15 is 0 Å². The molecule has 1 aromatic carbocycles. The van der Waals surface area contributed by atoms with Gasteiger partial charge < -0.3 is 26.3 Å². The molecule has 2 rings (SSSR count). The number of ether oxygens (including phenoxy) is 2. The Morgan fingerprint density at radius 3 is 2.60 bits per heavy atom. The summed E-state index contributed by atoms with van der Waals surface area (Å²) in [6.07, 6.45) is 4.11. The summed E-state index contributed by atoms with van der Waals surface area (Å²) in [6.45, 7) is 0.0498. The van der Waals surface area contributed by atoms with Crippen molar-refractivity contribution < 1.29 is 19.1 Å². The van der Waals surface area contributed by atoms with Crippen molar-refractivity contribution in [3.8, 4) is 0 Å². The molecular formula is C13H13N3O4. The maximum absolute atomic E-state index is 11.5. The third-order valence-corrected chi connectivity index (χ3v) is 2.65. The Labute approximate surface area is 114 Å². The van der Waals surface area contributed by atoms with E-state index in [0.717, 1.165) is 0 Å². The highest BCUT2D eigenvalue weighted by molar-refractivity contribution is 5.95. The van der Waals surface area contributed by atoms with Gasteiger partial charge in [-0.3, -0.25) is 4.79 Å². The summed E-state index contributed by atoms with van der Waals surface area (Å²) in [7, 11) is 0. The molecule has 0 unspecified atom stereocenters. The summed E-state index contributed by atoms with van der Waals surface area (Å²) >= 11 is 0. The van der Waals surface area contributed by atoms with Crippen molar-refractivity contribution in [1.29, 1.82) is 0 Å². The number of benzene rings is 1. The van der Waals surface area contributed by atoms with E-state index in [4.69, 9.17) is 20.9 Å². The van der Waals surface area contributed by atoms with E-state index in [2.05, 4.69) is 5.32 Å². The van der Waals surface area contributed by atoms with Gasteiger partial charge in [-0.1, -0.05) is 12.1 Å².